The Morgan fingerprint density at radius 1 is 1.20 bits per heavy atom. The van der Waals surface area contributed by atoms with Gasteiger partial charge in [-0.25, -0.2) is 0 Å². The highest BCUT2D eigenvalue weighted by Gasteiger charge is 2.32. The van der Waals surface area contributed by atoms with E-state index in [4.69, 9.17) is 0 Å². The fourth-order valence-corrected chi connectivity index (χ4v) is 1.90. The molecule has 0 unspecified atom stereocenters. The van der Waals surface area contributed by atoms with Crippen molar-refractivity contribution >= 4 is 27.9 Å². The lowest BCUT2D eigenvalue weighted by molar-refractivity contribution is -0.151. The minimum absolute atomic E-state index is 0.379. The molecule has 0 heterocycles. The van der Waals surface area contributed by atoms with Crippen molar-refractivity contribution in [2.75, 3.05) is 14.2 Å². The van der Waals surface area contributed by atoms with E-state index in [9.17, 15) is 9.59 Å². The van der Waals surface area contributed by atoms with Crippen LogP contribution in [0.15, 0.2) is 0 Å². The van der Waals surface area contributed by atoms with Crippen molar-refractivity contribution in [2.24, 2.45) is 5.92 Å². The lowest BCUT2D eigenvalue weighted by Gasteiger charge is -2.17. The van der Waals surface area contributed by atoms with Gasteiger partial charge in [-0.15, -0.1) is 0 Å². The van der Waals surface area contributed by atoms with Crippen LogP contribution in [-0.2, 0) is 19.1 Å². The standard InChI is InChI=1S/C10H17BrO4/c1-4-5-6-7(9(12)14-2)8(11)10(13)15-3/h7-8H,4-6H2,1-3H3/t7-,8+/m1/s1. The molecule has 88 valence electrons. The second kappa shape index (κ2) is 7.68. The quantitative estimate of drug-likeness (QED) is 0.551. The molecule has 0 aromatic heterocycles. The van der Waals surface area contributed by atoms with Crippen molar-refractivity contribution in [2.45, 2.75) is 31.0 Å². The van der Waals surface area contributed by atoms with Crippen LogP contribution in [0.2, 0.25) is 0 Å². The average molecular weight is 281 g/mol. The van der Waals surface area contributed by atoms with Gasteiger partial charge in [0.05, 0.1) is 20.1 Å². The van der Waals surface area contributed by atoms with Crippen LogP contribution in [0.1, 0.15) is 26.2 Å². The summed E-state index contributed by atoms with van der Waals surface area (Å²) in [4.78, 5) is 22.1. The number of carbonyl (C=O) groups excluding carboxylic acids is 2. The van der Waals surface area contributed by atoms with Crippen molar-refractivity contribution in [1.29, 1.82) is 0 Å². The summed E-state index contributed by atoms with van der Waals surface area (Å²) in [6, 6.07) is 0. The molecule has 0 aliphatic rings. The molecule has 0 amide bonds. The van der Waals surface area contributed by atoms with Crippen LogP contribution in [0.5, 0.6) is 0 Å². The summed E-state index contributed by atoms with van der Waals surface area (Å²) in [5.41, 5.74) is 0. The Morgan fingerprint density at radius 2 is 1.73 bits per heavy atom. The normalized spacial score (nSPS) is 14.1. The van der Waals surface area contributed by atoms with Gasteiger partial charge in [-0.3, -0.25) is 9.59 Å². The summed E-state index contributed by atoms with van der Waals surface area (Å²) in [5.74, 6) is -1.29. The molecule has 0 aromatic rings. The number of ether oxygens (including phenoxy) is 2. The number of halogens is 1. The van der Waals surface area contributed by atoms with Crippen LogP contribution in [0.25, 0.3) is 0 Å². The third-order valence-corrected chi connectivity index (χ3v) is 3.16. The lowest BCUT2D eigenvalue weighted by Crippen LogP contribution is -2.32. The van der Waals surface area contributed by atoms with Gasteiger partial charge in [0.15, 0.2) is 0 Å². The van der Waals surface area contributed by atoms with Crippen molar-refractivity contribution in [3.63, 3.8) is 0 Å². The molecule has 15 heavy (non-hydrogen) atoms. The molecule has 0 fully saturated rings. The Bertz CT molecular complexity index is 217. The van der Waals surface area contributed by atoms with Crippen LogP contribution < -0.4 is 0 Å². The van der Waals surface area contributed by atoms with Gasteiger partial charge in [-0.2, -0.15) is 0 Å². The van der Waals surface area contributed by atoms with Gasteiger partial charge in [-0.05, 0) is 6.42 Å². The molecule has 0 N–H and O–H groups in total. The predicted octanol–water partition coefficient (Wildman–Crippen LogP) is 1.90. The molecule has 0 aliphatic carbocycles. The number of methoxy groups -OCH3 is 2. The number of unbranched alkanes of at least 4 members (excludes halogenated alkanes) is 1. The molecule has 0 saturated heterocycles. The minimum Gasteiger partial charge on any atom is -0.469 e. The molecule has 0 aromatic carbocycles. The first-order valence-corrected chi connectivity index (χ1v) is 5.79. The molecule has 4 nitrogen and oxygen atoms in total. The molecule has 0 radical (unpaired) electrons. The molecule has 0 spiro atoms. The SMILES string of the molecule is CCCC[C@@H](C(=O)OC)[C@H](Br)C(=O)OC. The number of esters is 2. The number of hydrogen-bond acceptors (Lipinski definition) is 4. The second-order valence-corrected chi connectivity index (χ2v) is 4.18. The summed E-state index contributed by atoms with van der Waals surface area (Å²) in [7, 11) is 2.61. The largest absolute Gasteiger partial charge is 0.469 e. The highest BCUT2D eigenvalue weighted by Crippen LogP contribution is 2.22. The van der Waals surface area contributed by atoms with Gasteiger partial charge in [0, 0.05) is 0 Å². The Labute approximate surface area is 98.4 Å². The van der Waals surface area contributed by atoms with E-state index in [1.54, 1.807) is 0 Å². The zero-order valence-corrected chi connectivity index (χ0v) is 10.9. The maximum absolute atomic E-state index is 11.4. The summed E-state index contributed by atoms with van der Waals surface area (Å²) in [5, 5.41) is 0. The summed E-state index contributed by atoms with van der Waals surface area (Å²) in [6.45, 7) is 2.02. The maximum atomic E-state index is 11.4. The second-order valence-electron chi connectivity index (χ2n) is 3.20. The van der Waals surface area contributed by atoms with Gasteiger partial charge in [0.25, 0.3) is 0 Å². The number of alkyl halides is 1. The van der Waals surface area contributed by atoms with E-state index in [0.29, 0.717) is 6.42 Å². The van der Waals surface area contributed by atoms with Crippen LogP contribution in [0.3, 0.4) is 0 Å². The molecule has 2 atom stereocenters. The van der Waals surface area contributed by atoms with E-state index in [1.807, 2.05) is 6.92 Å². The number of rotatable bonds is 6. The Kier molecular flexibility index (Phi) is 7.38. The molecular weight excluding hydrogens is 264 g/mol. The van der Waals surface area contributed by atoms with E-state index in [-0.39, 0.29) is 5.97 Å². The van der Waals surface area contributed by atoms with Crippen molar-refractivity contribution in [3.8, 4) is 0 Å². The first kappa shape index (κ1) is 14.4. The number of carbonyl (C=O) groups is 2. The first-order valence-electron chi connectivity index (χ1n) is 4.88. The van der Waals surface area contributed by atoms with Crippen molar-refractivity contribution in [3.05, 3.63) is 0 Å². The molecule has 0 rings (SSSR count). The van der Waals surface area contributed by atoms with Gasteiger partial charge < -0.3 is 9.47 Å². The maximum Gasteiger partial charge on any atom is 0.320 e. The van der Waals surface area contributed by atoms with Crippen molar-refractivity contribution < 1.29 is 19.1 Å². The van der Waals surface area contributed by atoms with E-state index >= 15 is 0 Å². The summed E-state index contributed by atoms with van der Waals surface area (Å²) in [6.07, 6.45) is 2.46. The summed E-state index contributed by atoms with van der Waals surface area (Å²) < 4.78 is 9.22. The fraction of sp³-hybridized carbons (Fsp3) is 0.800. The summed E-state index contributed by atoms with van der Waals surface area (Å²) >= 11 is 3.17. The van der Waals surface area contributed by atoms with Gasteiger partial charge in [-0.1, -0.05) is 35.7 Å². The van der Waals surface area contributed by atoms with Crippen molar-refractivity contribution in [1.82, 2.24) is 0 Å². The van der Waals surface area contributed by atoms with E-state index in [1.165, 1.54) is 14.2 Å². The van der Waals surface area contributed by atoms with Crippen LogP contribution in [0, 0.1) is 5.92 Å². The highest BCUT2D eigenvalue weighted by molar-refractivity contribution is 9.10. The first-order chi connectivity index (χ1) is 7.08. The molecular formula is C10H17BrO4. The van der Waals surface area contributed by atoms with Gasteiger partial charge in [0.1, 0.15) is 4.83 Å². The zero-order valence-electron chi connectivity index (χ0n) is 9.29. The van der Waals surface area contributed by atoms with E-state index in [0.717, 1.165) is 12.8 Å². The van der Waals surface area contributed by atoms with E-state index in [2.05, 4.69) is 25.4 Å². The Hall–Kier alpha value is -0.580. The zero-order chi connectivity index (χ0) is 11.8. The lowest BCUT2D eigenvalue weighted by atomic mass is 9.98. The predicted molar refractivity (Wildman–Crippen MR) is 59.8 cm³/mol. The molecule has 0 saturated carbocycles. The molecule has 0 bridgehead atoms. The monoisotopic (exact) mass is 280 g/mol. The van der Waals surface area contributed by atoms with Gasteiger partial charge >= 0.3 is 11.9 Å². The fourth-order valence-electron chi connectivity index (χ4n) is 1.24. The van der Waals surface area contributed by atoms with Crippen LogP contribution in [0.4, 0.5) is 0 Å². The van der Waals surface area contributed by atoms with Crippen LogP contribution >= 0.6 is 15.9 Å². The van der Waals surface area contributed by atoms with E-state index < -0.39 is 16.7 Å². The molecule has 0 aliphatic heterocycles. The average Bonchev–Trinajstić information content (AvgIpc) is 2.27. The highest BCUT2D eigenvalue weighted by atomic mass is 79.9. The molecule has 5 heteroatoms. The minimum atomic E-state index is -0.624. The third kappa shape index (κ3) is 4.64. The Balaban J connectivity index is 4.46. The third-order valence-electron chi connectivity index (χ3n) is 2.15. The smallest absolute Gasteiger partial charge is 0.320 e. The number of hydrogen-bond donors (Lipinski definition) is 0. The van der Waals surface area contributed by atoms with Gasteiger partial charge in [0.2, 0.25) is 0 Å². The topological polar surface area (TPSA) is 52.6 Å². The van der Waals surface area contributed by atoms with Crippen LogP contribution in [-0.4, -0.2) is 31.0 Å². The Morgan fingerprint density at radius 3 is 2.13 bits per heavy atom.